The second-order valence-corrected chi connectivity index (χ2v) is 5.20. The van der Waals surface area contributed by atoms with Crippen molar-refractivity contribution in [3.05, 3.63) is 83.2 Å². The number of hydrogen-bond acceptors (Lipinski definition) is 3. The molecule has 0 aliphatic rings. The van der Waals surface area contributed by atoms with E-state index in [2.05, 4.69) is 0 Å². The zero-order chi connectivity index (χ0) is 15.8. The number of benzene rings is 2. The molecule has 2 heterocycles. The molecule has 23 heavy (non-hydrogen) atoms. The topological polar surface area (TPSA) is 61.2 Å². The van der Waals surface area contributed by atoms with Crippen LogP contribution in [-0.2, 0) is 0 Å². The summed E-state index contributed by atoms with van der Waals surface area (Å²) in [5, 5.41) is 12.0. The Morgan fingerprint density at radius 1 is 0.957 bits per heavy atom. The molecule has 2 aromatic heterocycles. The van der Waals surface area contributed by atoms with Gasteiger partial charge in [-0.3, -0.25) is 10.1 Å². The summed E-state index contributed by atoms with van der Waals surface area (Å²) >= 11 is 0. The normalized spacial score (nSPS) is 11.0. The van der Waals surface area contributed by atoms with Gasteiger partial charge in [-0.25, -0.2) is 0 Å². The number of furan rings is 1. The van der Waals surface area contributed by atoms with Crippen molar-refractivity contribution >= 4 is 16.7 Å². The number of nitrogens with zero attached hydrogens (tertiary/aromatic N) is 2. The number of hydrogen-bond donors (Lipinski definition) is 0. The van der Waals surface area contributed by atoms with E-state index in [1.54, 1.807) is 6.07 Å². The Labute approximate surface area is 131 Å². The summed E-state index contributed by atoms with van der Waals surface area (Å²) in [4.78, 5) is 10.8. The molecule has 5 nitrogen and oxygen atoms in total. The van der Waals surface area contributed by atoms with E-state index >= 15 is 0 Å². The Hall–Kier alpha value is -3.34. The van der Waals surface area contributed by atoms with Gasteiger partial charge in [-0.2, -0.15) is 0 Å². The average molecular weight is 304 g/mol. The smallest absolute Gasteiger partial charge is 0.275 e. The maximum absolute atomic E-state index is 11.2. The standard InChI is InChI=1S/C18H12N2O3/c21-20(22)14-10-16(19-8-4-5-9-19)15-12-17(23-18(15)11-14)13-6-2-1-3-7-13/h1-12H. The highest BCUT2D eigenvalue weighted by Gasteiger charge is 2.17. The molecule has 0 unspecified atom stereocenters. The van der Waals surface area contributed by atoms with Gasteiger partial charge in [0, 0.05) is 29.4 Å². The summed E-state index contributed by atoms with van der Waals surface area (Å²) in [6, 6.07) is 18.4. The molecule has 0 aliphatic carbocycles. The summed E-state index contributed by atoms with van der Waals surface area (Å²) in [7, 11) is 0. The molecule has 0 N–H and O–H groups in total. The van der Waals surface area contributed by atoms with E-state index in [-0.39, 0.29) is 5.69 Å². The van der Waals surface area contributed by atoms with Crippen LogP contribution in [-0.4, -0.2) is 9.49 Å². The molecule has 0 saturated heterocycles. The van der Waals surface area contributed by atoms with E-state index in [1.165, 1.54) is 6.07 Å². The minimum atomic E-state index is -0.406. The van der Waals surface area contributed by atoms with E-state index in [0.717, 1.165) is 16.6 Å². The SMILES string of the molecule is O=[N+]([O-])c1cc(-n2cccc2)c2cc(-c3ccccc3)oc2c1. The molecule has 0 aliphatic heterocycles. The van der Waals surface area contributed by atoms with Crippen molar-refractivity contribution in [2.24, 2.45) is 0 Å². The molecule has 5 heteroatoms. The van der Waals surface area contributed by atoms with Crippen molar-refractivity contribution in [2.45, 2.75) is 0 Å². The lowest BCUT2D eigenvalue weighted by molar-refractivity contribution is -0.384. The van der Waals surface area contributed by atoms with Crippen molar-refractivity contribution in [2.75, 3.05) is 0 Å². The van der Waals surface area contributed by atoms with E-state index < -0.39 is 4.92 Å². The zero-order valence-corrected chi connectivity index (χ0v) is 12.0. The monoisotopic (exact) mass is 304 g/mol. The van der Waals surface area contributed by atoms with Crippen LogP contribution in [0, 0.1) is 10.1 Å². The van der Waals surface area contributed by atoms with Gasteiger partial charge in [0.15, 0.2) is 0 Å². The van der Waals surface area contributed by atoms with Gasteiger partial charge < -0.3 is 8.98 Å². The van der Waals surface area contributed by atoms with Crippen LogP contribution >= 0.6 is 0 Å². The van der Waals surface area contributed by atoms with E-state index in [0.29, 0.717) is 11.3 Å². The third-order valence-electron chi connectivity index (χ3n) is 3.75. The number of rotatable bonds is 3. The van der Waals surface area contributed by atoms with Gasteiger partial charge in [-0.1, -0.05) is 30.3 Å². The minimum Gasteiger partial charge on any atom is -0.456 e. The molecular formula is C18H12N2O3. The Bertz CT molecular complexity index is 986. The maximum atomic E-state index is 11.2. The second kappa shape index (κ2) is 5.14. The molecular weight excluding hydrogens is 292 g/mol. The fourth-order valence-corrected chi connectivity index (χ4v) is 2.67. The van der Waals surface area contributed by atoms with Gasteiger partial charge in [0.05, 0.1) is 16.7 Å². The van der Waals surface area contributed by atoms with Crippen molar-refractivity contribution in [3.8, 4) is 17.0 Å². The van der Waals surface area contributed by atoms with Crippen molar-refractivity contribution in [1.29, 1.82) is 0 Å². The summed E-state index contributed by atoms with van der Waals surface area (Å²) in [6.45, 7) is 0. The Morgan fingerprint density at radius 3 is 2.39 bits per heavy atom. The first kappa shape index (κ1) is 13.3. The van der Waals surface area contributed by atoms with Crippen molar-refractivity contribution < 1.29 is 9.34 Å². The predicted molar refractivity (Wildman–Crippen MR) is 87.6 cm³/mol. The molecule has 0 amide bonds. The lowest BCUT2D eigenvalue weighted by atomic mass is 10.1. The molecule has 0 spiro atoms. The van der Waals surface area contributed by atoms with Gasteiger partial charge in [-0.05, 0) is 18.2 Å². The Kier molecular flexibility index (Phi) is 2.98. The summed E-state index contributed by atoms with van der Waals surface area (Å²) in [5.74, 6) is 0.689. The summed E-state index contributed by atoms with van der Waals surface area (Å²) in [6.07, 6.45) is 3.71. The minimum absolute atomic E-state index is 0.00941. The third kappa shape index (κ3) is 2.28. The highest BCUT2D eigenvalue weighted by molar-refractivity contribution is 5.92. The first-order valence-electron chi connectivity index (χ1n) is 7.13. The van der Waals surface area contributed by atoms with Crippen LogP contribution in [0.3, 0.4) is 0 Å². The zero-order valence-electron chi connectivity index (χ0n) is 12.0. The molecule has 0 saturated carbocycles. The number of nitro groups is 1. The quantitative estimate of drug-likeness (QED) is 0.403. The number of aromatic nitrogens is 1. The molecule has 2 aromatic carbocycles. The summed E-state index contributed by atoms with van der Waals surface area (Å²) in [5.41, 5.74) is 2.17. The van der Waals surface area contributed by atoms with Crippen LogP contribution in [0.4, 0.5) is 5.69 Å². The van der Waals surface area contributed by atoms with Crippen molar-refractivity contribution in [3.63, 3.8) is 0 Å². The number of non-ortho nitro benzene ring substituents is 1. The molecule has 112 valence electrons. The third-order valence-corrected chi connectivity index (χ3v) is 3.75. The van der Waals surface area contributed by atoms with Crippen molar-refractivity contribution in [1.82, 2.24) is 4.57 Å². The van der Waals surface area contributed by atoms with Gasteiger partial charge in [-0.15, -0.1) is 0 Å². The highest BCUT2D eigenvalue weighted by atomic mass is 16.6. The Balaban J connectivity index is 1.99. The summed E-state index contributed by atoms with van der Waals surface area (Å²) < 4.78 is 7.71. The fourth-order valence-electron chi connectivity index (χ4n) is 2.67. The van der Waals surface area contributed by atoms with E-state index in [4.69, 9.17) is 4.42 Å². The van der Waals surface area contributed by atoms with Crippen LogP contribution in [0.15, 0.2) is 77.5 Å². The molecule has 0 radical (unpaired) electrons. The van der Waals surface area contributed by atoms with Gasteiger partial charge in [0.1, 0.15) is 11.3 Å². The fraction of sp³-hybridized carbons (Fsp3) is 0. The van der Waals surface area contributed by atoms with Crippen LogP contribution in [0.5, 0.6) is 0 Å². The van der Waals surface area contributed by atoms with Crippen LogP contribution in [0.25, 0.3) is 28.0 Å². The highest BCUT2D eigenvalue weighted by Crippen LogP contribution is 2.34. The van der Waals surface area contributed by atoms with Gasteiger partial charge >= 0.3 is 0 Å². The largest absolute Gasteiger partial charge is 0.456 e. The van der Waals surface area contributed by atoms with Gasteiger partial charge in [0.25, 0.3) is 5.69 Å². The molecule has 0 bridgehead atoms. The predicted octanol–water partition coefficient (Wildman–Crippen LogP) is 4.80. The van der Waals surface area contributed by atoms with Crippen LogP contribution < -0.4 is 0 Å². The molecule has 0 atom stereocenters. The number of fused-ring (bicyclic) bond motifs is 1. The lowest BCUT2D eigenvalue weighted by Crippen LogP contribution is -1.94. The van der Waals surface area contributed by atoms with Crippen LogP contribution in [0.1, 0.15) is 0 Å². The van der Waals surface area contributed by atoms with E-state index in [1.807, 2.05) is 65.5 Å². The average Bonchev–Trinajstić information content (AvgIpc) is 3.24. The molecule has 4 aromatic rings. The first-order chi connectivity index (χ1) is 11.2. The molecule has 0 fully saturated rings. The maximum Gasteiger partial charge on any atom is 0.275 e. The van der Waals surface area contributed by atoms with Gasteiger partial charge in [0.2, 0.25) is 0 Å². The van der Waals surface area contributed by atoms with Crippen LogP contribution in [0.2, 0.25) is 0 Å². The van der Waals surface area contributed by atoms with E-state index in [9.17, 15) is 10.1 Å². The number of nitro benzene ring substituents is 1. The first-order valence-corrected chi connectivity index (χ1v) is 7.13. The lowest BCUT2D eigenvalue weighted by Gasteiger charge is -2.04. The second-order valence-electron chi connectivity index (χ2n) is 5.20. The molecule has 4 rings (SSSR count). The Morgan fingerprint density at radius 2 is 1.70 bits per heavy atom.